The summed E-state index contributed by atoms with van der Waals surface area (Å²) in [5.41, 5.74) is 2.16. The summed E-state index contributed by atoms with van der Waals surface area (Å²) in [5.74, 6) is 0.0786. The first kappa shape index (κ1) is 17.6. The lowest BCUT2D eigenvalue weighted by Gasteiger charge is -2.20. The van der Waals surface area contributed by atoms with Crippen molar-refractivity contribution in [3.05, 3.63) is 64.8 Å². The standard InChI is InChI=1S/C21H19ClN2O3/c1-27-17-10-8-16(9-11-17)24-20(25)18(14-4-6-15(22)7-5-14)19(21(24)26)23-12-2-3-13-23/h4-11H,2-3,12-13H2,1H3. The van der Waals surface area contributed by atoms with Crippen LogP contribution in [0.15, 0.2) is 54.2 Å². The first-order valence-corrected chi connectivity index (χ1v) is 9.26. The van der Waals surface area contributed by atoms with E-state index in [2.05, 4.69) is 0 Å². The molecule has 2 amide bonds. The van der Waals surface area contributed by atoms with Crippen LogP contribution in [0.2, 0.25) is 5.02 Å². The van der Waals surface area contributed by atoms with Gasteiger partial charge < -0.3 is 9.64 Å². The zero-order valence-corrected chi connectivity index (χ0v) is 15.7. The molecule has 0 aliphatic carbocycles. The van der Waals surface area contributed by atoms with E-state index in [1.54, 1.807) is 55.6 Å². The second kappa shape index (κ2) is 7.08. The van der Waals surface area contributed by atoms with Crippen LogP contribution in [0.25, 0.3) is 5.57 Å². The Morgan fingerprint density at radius 1 is 0.889 bits per heavy atom. The molecule has 0 atom stereocenters. The zero-order valence-electron chi connectivity index (χ0n) is 14.9. The van der Waals surface area contributed by atoms with Crippen LogP contribution in [0.4, 0.5) is 5.69 Å². The molecule has 0 radical (unpaired) electrons. The number of anilines is 1. The van der Waals surface area contributed by atoms with Gasteiger partial charge in [-0.15, -0.1) is 0 Å². The lowest BCUT2D eigenvalue weighted by Crippen LogP contribution is -2.34. The number of carbonyl (C=O) groups is 2. The molecule has 2 aromatic rings. The number of halogens is 1. The number of nitrogens with zero attached hydrogens (tertiary/aromatic N) is 2. The fourth-order valence-electron chi connectivity index (χ4n) is 3.59. The van der Waals surface area contributed by atoms with Crippen molar-refractivity contribution in [1.29, 1.82) is 0 Å². The van der Waals surface area contributed by atoms with Crippen LogP contribution in [0.1, 0.15) is 18.4 Å². The molecule has 0 N–H and O–H groups in total. The molecule has 0 unspecified atom stereocenters. The quantitative estimate of drug-likeness (QED) is 0.756. The molecule has 2 aliphatic heterocycles. The predicted octanol–water partition coefficient (Wildman–Crippen LogP) is 3.73. The number of methoxy groups -OCH3 is 1. The summed E-state index contributed by atoms with van der Waals surface area (Å²) < 4.78 is 5.17. The minimum Gasteiger partial charge on any atom is -0.497 e. The number of ether oxygens (including phenoxy) is 1. The number of rotatable bonds is 4. The van der Waals surface area contributed by atoms with Crippen LogP contribution in [0, 0.1) is 0 Å². The molecule has 0 spiro atoms. The summed E-state index contributed by atoms with van der Waals surface area (Å²) in [7, 11) is 1.58. The van der Waals surface area contributed by atoms with Gasteiger partial charge >= 0.3 is 0 Å². The molecule has 5 nitrogen and oxygen atoms in total. The Balaban J connectivity index is 1.79. The van der Waals surface area contributed by atoms with E-state index in [0.29, 0.717) is 33.3 Å². The molecular formula is C21H19ClN2O3. The Morgan fingerprint density at radius 2 is 1.52 bits per heavy atom. The normalized spacial score (nSPS) is 17.3. The smallest absolute Gasteiger partial charge is 0.282 e. The van der Waals surface area contributed by atoms with Gasteiger partial charge in [-0.3, -0.25) is 9.59 Å². The highest BCUT2D eigenvalue weighted by atomic mass is 35.5. The Bertz CT molecular complexity index is 913. The van der Waals surface area contributed by atoms with Crippen LogP contribution in [0.3, 0.4) is 0 Å². The Labute approximate surface area is 162 Å². The summed E-state index contributed by atoms with van der Waals surface area (Å²) in [6.45, 7) is 1.56. The van der Waals surface area contributed by atoms with E-state index in [1.165, 1.54) is 4.90 Å². The molecule has 6 heteroatoms. The van der Waals surface area contributed by atoms with Crippen molar-refractivity contribution in [3.8, 4) is 5.75 Å². The topological polar surface area (TPSA) is 49.9 Å². The number of likely N-dealkylation sites (tertiary alicyclic amines) is 1. The first-order chi connectivity index (χ1) is 13.1. The lowest BCUT2D eigenvalue weighted by atomic mass is 10.0. The molecule has 4 rings (SSSR count). The van der Waals surface area contributed by atoms with Crippen molar-refractivity contribution in [2.24, 2.45) is 0 Å². The third kappa shape index (κ3) is 3.08. The van der Waals surface area contributed by atoms with E-state index in [4.69, 9.17) is 16.3 Å². The van der Waals surface area contributed by atoms with E-state index in [1.807, 2.05) is 4.90 Å². The SMILES string of the molecule is COc1ccc(N2C(=O)C(c3ccc(Cl)cc3)=C(N3CCCC3)C2=O)cc1. The molecule has 138 valence electrons. The van der Waals surface area contributed by atoms with Crippen LogP contribution in [-0.4, -0.2) is 36.9 Å². The lowest BCUT2D eigenvalue weighted by molar-refractivity contribution is -0.120. The number of imide groups is 1. The van der Waals surface area contributed by atoms with Gasteiger partial charge in [-0.1, -0.05) is 23.7 Å². The summed E-state index contributed by atoms with van der Waals surface area (Å²) in [4.78, 5) is 29.8. The van der Waals surface area contributed by atoms with Gasteiger partial charge in [0.05, 0.1) is 18.4 Å². The molecule has 2 aromatic carbocycles. The predicted molar refractivity (Wildman–Crippen MR) is 105 cm³/mol. The summed E-state index contributed by atoms with van der Waals surface area (Å²) in [6, 6.07) is 14.0. The third-order valence-corrected chi connectivity index (χ3v) is 5.20. The minimum absolute atomic E-state index is 0.281. The van der Waals surface area contributed by atoms with Gasteiger partial charge in [0.1, 0.15) is 11.4 Å². The Hall–Kier alpha value is -2.79. The molecular weight excluding hydrogens is 364 g/mol. The highest BCUT2D eigenvalue weighted by Gasteiger charge is 2.42. The van der Waals surface area contributed by atoms with E-state index in [0.717, 1.165) is 25.9 Å². The second-order valence-corrected chi connectivity index (χ2v) is 7.00. The van der Waals surface area contributed by atoms with Gasteiger partial charge in [0.15, 0.2) is 0 Å². The molecule has 1 saturated heterocycles. The van der Waals surface area contributed by atoms with Gasteiger partial charge in [0.2, 0.25) is 0 Å². The number of carbonyl (C=O) groups excluding carboxylic acids is 2. The van der Waals surface area contributed by atoms with Crippen molar-refractivity contribution < 1.29 is 14.3 Å². The molecule has 1 fully saturated rings. The van der Waals surface area contributed by atoms with Crippen LogP contribution in [-0.2, 0) is 9.59 Å². The monoisotopic (exact) mass is 382 g/mol. The second-order valence-electron chi connectivity index (χ2n) is 6.57. The van der Waals surface area contributed by atoms with E-state index in [9.17, 15) is 9.59 Å². The first-order valence-electron chi connectivity index (χ1n) is 8.88. The Morgan fingerprint density at radius 3 is 2.11 bits per heavy atom. The van der Waals surface area contributed by atoms with Crippen molar-refractivity contribution in [2.45, 2.75) is 12.8 Å². The van der Waals surface area contributed by atoms with Crippen molar-refractivity contribution in [3.63, 3.8) is 0 Å². The molecule has 0 aromatic heterocycles. The Kier molecular flexibility index (Phi) is 4.62. The molecule has 0 saturated carbocycles. The van der Waals surface area contributed by atoms with E-state index >= 15 is 0 Å². The van der Waals surface area contributed by atoms with Crippen LogP contribution in [0.5, 0.6) is 5.75 Å². The maximum Gasteiger partial charge on any atom is 0.282 e. The average Bonchev–Trinajstić information content (AvgIpc) is 3.29. The highest BCUT2D eigenvalue weighted by molar-refractivity contribution is 6.45. The van der Waals surface area contributed by atoms with E-state index in [-0.39, 0.29) is 11.8 Å². The number of amides is 2. The number of benzene rings is 2. The van der Waals surface area contributed by atoms with Crippen LogP contribution >= 0.6 is 11.6 Å². The molecule has 0 bridgehead atoms. The molecule has 2 heterocycles. The number of hydrogen-bond donors (Lipinski definition) is 0. The summed E-state index contributed by atoms with van der Waals surface area (Å²) >= 11 is 6.00. The summed E-state index contributed by atoms with van der Waals surface area (Å²) in [5, 5.41) is 0.589. The maximum absolute atomic E-state index is 13.3. The third-order valence-electron chi connectivity index (χ3n) is 4.95. The van der Waals surface area contributed by atoms with Gasteiger partial charge in [-0.25, -0.2) is 4.90 Å². The van der Waals surface area contributed by atoms with Crippen LogP contribution < -0.4 is 9.64 Å². The van der Waals surface area contributed by atoms with Crippen molar-refractivity contribution in [2.75, 3.05) is 25.1 Å². The van der Waals surface area contributed by atoms with Crippen molar-refractivity contribution >= 4 is 34.7 Å². The maximum atomic E-state index is 13.3. The van der Waals surface area contributed by atoms with E-state index < -0.39 is 0 Å². The largest absolute Gasteiger partial charge is 0.497 e. The zero-order chi connectivity index (χ0) is 19.0. The fraction of sp³-hybridized carbons (Fsp3) is 0.238. The van der Waals surface area contributed by atoms with Gasteiger partial charge in [0, 0.05) is 18.1 Å². The summed E-state index contributed by atoms with van der Waals surface area (Å²) in [6.07, 6.45) is 2.03. The average molecular weight is 383 g/mol. The molecule has 2 aliphatic rings. The molecule has 27 heavy (non-hydrogen) atoms. The van der Waals surface area contributed by atoms with Gasteiger partial charge in [0.25, 0.3) is 11.8 Å². The van der Waals surface area contributed by atoms with Gasteiger partial charge in [-0.2, -0.15) is 0 Å². The fourth-order valence-corrected chi connectivity index (χ4v) is 3.72. The van der Waals surface area contributed by atoms with Crippen molar-refractivity contribution in [1.82, 2.24) is 4.90 Å². The number of hydrogen-bond acceptors (Lipinski definition) is 4. The highest BCUT2D eigenvalue weighted by Crippen LogP contribution is 2.36. The minimum atomic E-state index is -0.311. The van der Waals surface area contributed by atoms with Gasteiger partial charge in [-0.05, 0) is 54.8 Å².